The first-order chi connectivity index (χ1) is 31.1. The number of nitrogens with one attached hydrogen (secondary N) is 7. The molecule has 0 saturated carbocycles. The molecule has 0 spiro atoms. The summed E-state index contributed by atoms with van der Waals surface area (Å²) in [4.78, 5) is 102. The third-order valence-corrected chi connectivity index (χ3v) is 10.7. The lowest BCUT2D eigenvalue weighted by molar-refractivity contribution is -0.135. The first-order valence-electron chi connectivity index (χ1n) is 21.2. The number of rotatable bonds is 15. The maximum absolute atomic E-state index is 14.4. The van der Waals surface area contributed by atoms with E-state index in [-0.39, 0.29) is 68.3 Å². The monoisotopic (exact) mass is 917 g/mol. The Kier molecular flexibility index (Phi) is 20.3. The van der Waals surface area contributed by atoms with Gasteiger partial charge in [0.25, 0.3) is 0 Å². The average molecular weight is 918 g/mol. The highest BCUT2D eigenvalue weighted by molar-refractivity contribution is 7.80. The van der Waals surface area contributed by atoms with Crippen LogP contribution in [-0.2, 0) is 52.8 Å². The molecule has 350 valence electrons. The number of hydrogen-bond donors (Lipinski definition) is 13. The van der Waals surface area contributed by atoms with E-state index in [4.69, 9.17) is 17.2 Å². The quantitative estimate of drug-likeness (QED) is 0.0351. The van der Waals surface area contributed by atoms with Gasteiger partial charge in [-0.3, -0.25) is 38.6 Å². The minimum Gasteiger partial charge on any atom is -0.508 e. The van der Waals surface area contributed by atoms with Crippen molar-refractivity contribution in [3.8, 4) is 11.5 Å². The Labute approximate surface area is 382 Å². The largest absolute Gasteiger partial charge is 0.508 e. The summed E-state index contributed by atoms with van der Waals surface area (Å²) in [6.45, 7) is -0.216. The Morgan fingerprint density at radius 1 is 0.538 bits per heavy atom. The number of unbranched alkanes of at least 4 members (excludes halogenated alkanes) is 1. The van der Waals surface area contributed by atoms with Crippen molar-refractivity contribution in [1.29, 1.82) is 0 Å². The maximum Gasteiger partial charge on any atom is 0.244 e. The van der Waals surface area contributed by atoms with E-state index in [2.05, 4.69) is 54.8 Å². The molecule has 1 heterocycles. The lowest BCUT2D eigenvalue weighted by Gasteiger charge is -2.27. The molecule has 0 unspecified atom stereocenters. The van der Waals surface area contributed by atoms with Gasteiger partial charge in [0.1, 0.15) is 47.8 Å². The summed E-state index contributed by atoms with van der Waals surface area (Å²) in [7, 11) is 0. The molecule has 20 nitrogen and oxygen atoms in total. The normalized spacial score (nSPS) is 21.8. The van der Waals surface area contributed by atoms with Crippen molar-refractivity contribution in [2.45, 2.75) is 87.6 Å². The van der Waals surface area contributed by atoms with Gasteiger partial charge in [0.05, 0.1) is 6.54 Å². The van der Waals surface area contributed by atoms with Gasteiger partial charge in [-0.1, -0.05) is 54.6 Å². The van der Waals surface area contributed by atoms with Gasteiger partial charge in [-0.25, -0.2) is 0 Å². The molecular formula is C44H59N11O9S. The fraction of sp³-hybridized carbons (Fsp3) is 0.409. The number of nitrogens with two attached hydrogens (primary N) is 3. The van der Waals surface area contributed by atoms with Crippen LogP contribution >= 0.6 is 12.6 Å². The lowest BCUT2D eigenvalue weighted by atomic mass is 10.0. The highest BCUT2D eigenvalue weighted by Crippen LogP contribution is 2.15. The summed E-state index contributed by atoms with van der Waals surface area (Å²) in [6, 6.07) is 12.7. The first kappa shape index (κ1) is 50.8. The minimum absolute atomic E-state index is 0.0136. The van der Waals surface area contributed by atoms with Crippen LogP contribution in [-0.4, -0.2) is 119 Å². The van der Waals surface area contributed by atoms with Crippen LogP contribution in [0.4, 0.5) is 0 Å². The Bertz CT molecular complexity index is 2110. The predicted octanol–water partition coefficient (Wildman–Crippen LogP) is -1.72. The van der Waals surface area contributed by atoms with E-state index in [0.717, 1.165) is 0 Å². The fourth-order valence-electron chi connectivity index (χ4n) is 6.84. The van der Waals surface area contributed by atoms with Crippen LogP contribution in [0.1, 0.15) is 48.8 Å². The van der Waals surface area contributed by atoms with Gasteiger partial charge in [-0.05, 0) is 79.6 Å². The van der Waals surface area contributed by atoms with Crippen LogP contribution in [0.25, 0.3) is 0 Å². The van der Waals surface area contributed by atoms with Crippen molar-refractivity contribution >= 4 is 59.9 Å². The molecule has 1 aliphatic rings. The second-order valence-corrected chi connectivity index (χ2v) is 15.9. The van der Waals surface area contributed by atoms with Gasteiger partial charge in [0.15, 0.2) is 5.96 Å². The molecule has 0 aliphatic carbocycles. The molecule has 3 aromatic carbocycles. The number of phenols is 2. The van der Waals surface area contributed by atoms with E-state index < -0.39 is 84.1 Å². The highest BCUT2D eigenvalue weighted by atomic mass is 32.1. The Balaban J connectivity index is 1.78. The number of carbonyl (C=O) groups is 7. The number of carbonyl (C=O) groups excluding carboxylic acids is 7. The van der Waals surface area contributed by atoms with Crippen molar-refractivity contribution in [3.05, 3.63) is 95.6 Å². The molecule has 1 aliphatic heterocycles. The Hall–Kier alpha value is -6.87. The third kappa shape index (κ3) is 17.3. The number of nitrogens with zero attached hydrogens (tertiary/aromatic N) is 1. The molecule has 4 rings (SSSR count). The third-order valence-electron chi connectivity index (χ3n) is 10.3. The molecule has 3 aromatic rings. The van der Waals surface area contributed by atoms with Gasteiger partial charge in [-0.2, -0.15) is 12.6 Å². The van der Waals surface area contributed by atoms with Gasteiger partial charge < -0.3 is 64.6 Å². The van der Waals surface area contributed by atoms with Crippen molar-refractivity contribution in [1.82, 2.24) is 37.2 Å². The van der Waals surface area contributed by atoms with Crippen LogP contribution in [0.15, 0.2) is 83.9 Å². The van der Waals surface area contributed by atoms with Gasteiger partial charge in [0.2, 0.25) is 41.4 Å². The zero-order valence-corrected chi connectivity index (χ0v) is 36.7. The number of benzene rings is 3. The summed E-state index contributed by atoms with van der Waals surface area (Å²) in [5.41, 5.74) is 18.3. The van der Waals surface area contributed by atoms with E-state index in [1.54, 1.807) is 54.6 Å². The smallest absolute Gasteiger partial charge is 0.244 e. The zero-order chi connectivity index (χ0) is 47.3. The number of phenolic OH excluding ortho intramolecular Hbond substituents is 2. The SMILES string of the molecule is NCCCC[C@@H]1NC(=O)[C@H](CCCN=C(N)N)NC(=O)CNC(=O)[C@H](Cc2ccccc2)NC(=O)[C@H](Cc2ccc(O)cc2)NC(=O)[C@H](Cc2ccc(O)cc2)NC(=O)[C@H](CS)NC1=O. The van der Waals surface area contributed by atoms with Crippen LogP contribution in [0, 0.1) is 0 Å². The van der Waals surface area contributed by atoms with E-state index in [9.17, 15) is 43.8 Å². The second-order valence-electron chi connectivity index (χ2n) is 15.5. The molecule has 0 aromatic heterocycles. The fourth-order valence-corrected chi connectivity index (χ4v) is 7.10. The number of thiol groups is 1. The van der Waals surface area contributed by atoms with E-state index in [1.165, 1.54) is 24.3 Å². The lowest BCUT2D eigenvalue weighted by Crippen LogP contribution is -2.60. The van der Waals surface area contributed by atoms with Crippen LogP contribution in [0.2, 0.25) is 0 Å². The number of hydrogen-bond acceptors (Lipinski definition) is 12. The van der Waals surface area contributed by atoms with E-state index in [0.29, 0.717) is 36.1 Å². The van der Waals surface area contributed by atoms with Gasteiger partial charge >= 0.3 is 0 Å². The number of aromatic hydroxyl groups is 2. The Morgan fingerprint density at radius 3 is 1.45 bits per heavy atom. The standard InChI is InChI=1S/C44H59N11O9S/c45-19-5-4-9-32-40(61)55-36(25-65)43(64)54-35(23-28-13-17-30(57)18-14-28)42(63)53-34(22-27-11-15-29(56)16-12-27)41(62)52-33(21-26-7-2-1-3-8-26)38(59)49-24-37(58)50-31(39(60)51-32)10-6-20-48-44(46)47/h1-3,7-8,11-18,31-36,56-57,65H,4-6,9-10,19-25,45H2,(H,49,59)(H,50,58)(H,51,60)(H,52,62)(H,53,63)(H,54,64)(H,55,61)(H4,46,47,48)/t31-,32-,33-,34-,35-,36-/m0/s1. The van der Waals surface area contributed by atoms with Crippen LogP contribution in [0.3, 0.4) is 0 Å². The molecular weight excluding hydrogens is 859 g/mol. The van der Waals surface area contributed by atoms with E-state index in [1.807, 2.05) is 0 Å². The number of aliphatic imine (C=N–C) groups is 1. The Morgan fingerprint density at radius 2 is 0.954 bits per heavy atom. The first-order valence-corrected chi connectivity index (χ1v) is 21.8. The topological polar surface area (TPSA) is 335 Å². The summed E-state index contributed by atoms with van der Waals surface area (Å²) in [5, 5.41) is 38.5. The molecule has 1 saturated heterocycles. The average Bonchev–Trinajstić information content (AvgIpc) is 3.28. The zero-order valence-electron chi connectivity index (χ0n) is 35.8. The molecule has 65 heavy (non-hydrogen) atoms. The van der Waals surface area contributed by atoms with Gasteiger partial charge in [0, 0.05) is 31.6 Å². The molecule has 1 fully saturated rings. The maximum atomic E-state index is 14.4. The highest BCUT2D eigenvalue weighted by Gasteiger charge is 2.34. The van der Waals surface area contributed by atoms with Crippen LogP contribution < -0.4 is 54.4 Å². The molecule has 15 N–H and O–H groups in total. The summed E-state index contributed by atoms with van der Waals surface area (Å²) in [6.07, 6.45) is 0.928. The predicted molar refractivity (Wildman–Crippen MR) is 245 cm³/mol. The second kappa shape index (κ2) is 26.0. The summed E-state index contributed by atoms with van der Waals surface area (Å²) >= 11 is 4.32. The molecule has 21 heteroatoms. The molecule has 0 bridgehead atoms. The van der Waals surface area contributed by atoms with Crippen LogP contribution in [0.5, 0.6) is 11.5 Å². The molecule has 7 amide bonds. The van der Waals surface area contributed by atoms with Gasteiger partial charge in [-0.15, -0.1) is 0 Å². The summed E-state index contributed by atoms with van der Waals surface area (Å²) in [5.74, 6) is -6.00. The minimum atomic E-state index is -1.38. The van der Waals surface area contributed by atoms with Crippen molar-refractivity contribution < 1.29 is 43.8 Å². The number of amides is 7. The van der Waals surface area contributed by atoms with Crippen molar-refractivity contribution in [3.63, 3.8) is 0 Å². The van der Waals surface area contributed by atoms with Crippen molar-refractivity contribution in [2.75, 3.05) is 25.4 Å². The summed E-state index contributed by atoms with van der Waals surface area (Å²) < 4.78 is 0. The molecule has 6 atom stereocenters. The molecule has 0 radical (unpaired) electrons. The van der Waals surface area contributed by atoms with Crippen molar-refractivity contribution in [2.24, 2.45) is 22.2 Å². The number of guanidine groups is 1. The van der Waals surface area contributed by atoms with E-state index >= 15 is 0 Å².